The van der Waals surface area contributed by atoms with E-state index >= 15 is 0 Å². The highest BCUT2D eigenvalue weighted by Crippen LogP contribution is 2.34. The molecule has 1 aliphatic rings. The van der Waals surface area contributed by atoms with Crippen LogP contribution in [0.5, 0.6) is 5.75 Å². The van der Waals surface area contributed by atoms with Gasteiger partial charge in [0, 0.05) is 87.4 Å². The summed E-state index contributed by atoms with van der Waals surface area (Å²) >= 11 is 0. The number of hydrogen-bond donors (Lipinski definition) is 12. The Morgan fingerprint density at radius 3 is 1.99 bits per heavy atom. The molecule has 29 heteroatoms. The molecule has 0 radical (unpaired) electrons. The zero-order valence-electron chi connectivity index (χ0n) is 67.7. The van der Waals surface area contributed by atoms with Gasteiger partial charge in [0.25, 0.3) is 0 Å². The summed E-state index contributed by atoms with van der Waals surface area (Å²) in [5.41, 5.74) is 2.05. The predicted octanol–water partition coefficient (Wildman–Crippen LogP) is 7.73. The number of benzene rings is 4. The Morgan fingerprint density at radius 2 is 1.36 bits per heavy atom. The van der Waals surface area contributed by atoms with Gasteiger partial charge in [-0.05, 0) is 143 Å². The van der Waals surface area contributed by atoms with Gasteiger partial charge in [-0.15, -0.1) is 0 Å². The number of carboxylic acids is 2. The molecule has 29 nitrogen and oxygen atoms in total. The first kappa shape index (κ1) is 93.0. The van der Waals surface area contributed by atoms with E-state index < -0.39 is 137 Å². The molecule has 0 saturated carbocycles. The molecule has 0 aliphatic carbocycles. The number of aliphatic hydroxyl groups excluding tert-OH is 3. The summed E-state index contributed by atoms with van der Waals surface area (Å²) in [6, 6.07) is 22.4. The van der Waals surface area contributed by atoms with Crippen LogP contribution >= 0.6 is 0 Å². The Morgan fingerprint density at radius 1 is 0.696 bits per heavy atom. The molecule has 0 aromatic heterocycles. The molecule has 12 N–H and O–H groups in total. The largest absolute Gasteiger partial charge is 0.479 e. The highest BCUT2D eigenvalue weighted by atomic mass is 16.7. The quantitative estimate of drug-likeness (QED) is 0.0149. The summed E-state index contributed by atoms with van der Waals surface area (Å²) in [6.07, 6.45) is -5.69. The number of carbonyl (C=O) groups is 10. The second-order valence-electron chi connectivity index (χ2n) is 31.3. The average Bonchev–Trinajstić information content (AvgIpc) is 0.787. The van der Waals surface area contributed by atoms with E-state index in [2.05, 4.69) is 43.8 Å². The number of para-hydroxylation sites is 1. The van der Waals surface area contributed by atoms with Crippen molar-refractivity contribution in [3.05, 3.63) is 143 Å². The zero-order chi connectivity index (χ0) is 83.6. The number of carbonyl (C=O) groups excluding carboxylic acids is 8. The number of carboxylic acid groups (broad SMARTS) is 2. The fourth-order valence-corrected chi connectivity index (χ4v) is 12.6. The number of aliphatic carboxylic acids is 2. The number of methoxy groups -OCH3 is 1. The minimum atomic E-state index is -2.04. The minimum Gasteiger partial charge on any atom is -0.479 e. The van der Waals surface area contributed by atoms with Gasteiger partial charge in [-0.2, -0.15) is 0 Å². The Kier molecular flexibility index (Phi) is 35.6. The maximum absolute atomic E-state index is 14.4. The van der Waals surface area contributed by atoms with Crippen molar-refractivity contribution in [2.24, 2.45) is 11.3 Å². The first-order valence-electron chi connectivity index (χ1n) is 37.9. The molecular formula is C83H119N9O20. The fraction of sp³-hybridized carbons (Fsp3) is 0.542. The van der Waals surface area contributed by atoms with Crippen molar-refractivity contribution in [2.75, 3.05) is 51.1 Å². The molecule has 5 rings (SSSR count). The van der Waals surface area contributed by atoms with Crippen LogP contribution < -0.4 is 46.9 Å². The van der Waals surface area contributed by atoms with Gasteiger partial charge in [-0.1, -0.05) is 135 Å². The number of aryl methyl sites for hydroxylation is 1. The lowest BCUT2D eigenvalue weighted by Gasteiger charge is -2.40. The maximum atomic E-state index is 14.4. The summed E-state index contributed by atoms with van der Waals surface area (Å²) in [4.78, 5) is 138. The van der Waals surface area contributed by atoms with E-state index in [-0.39, 0.29) is 86.1 Å². The topological polar surface area (TPSA) is 409 Å². The number of hydrogen-bond acceptors (Lipinski definition) is 19. The van der Waals surface area contributed by atoms with E-state index in [0.717, 1.165) is 22.4 Å². The average molecular weight is 1560 g/mol. The molecule has 0 unspecified atom stereocenters. The molecule has 1 saturated heterocycles. The number of anilines is 2. The lowest BCUT2D eigenvalue weighted by atomic mass is 9.76. The van der Waals surface area contributed by atoms with Crippen LogP contribution in [0.4, 0.5) is 16.2 Å². The summed E-state index contributed by atoms with van der Waals surface area (Å²) in [6.45, 7) is 27.1. The normalized spacial score (nSPS) is 17.1. The molecule has 112 heavy (non-hydrogen) atoms. The van der Waals surface area contributed by atoms with Crippen molar-refractivity contribution < 1.29 is 97.2 Å². The van der Waals surface area contributed by atoms with E-state index in [0.29, 0.717) is 50.0 Å². The SMILES string of the molecule is C=Cc1ccccc1CN(C(=O)CCCCC(=O)N[C@@H](CNC(=O)CCC(C)(C)OCCC(C)(C)OC)C(=O)NCCC(=O)NCc1cc(COC(=O)Nc2cccc(C(C)(C)[C@H](NC)C(=O)N[C@H](C(=O)N(C)[C@H](/C=C(\C)C(=O)O)C(C)C)C(C)(C)C)c2)ccc1O[C@@H]1O[C@H](C(=O)O)[C@@H](O)[C@H](O)[C@H]1O)c1ccccc1CC. The number of aliphatic hydroxyl groups is 3. The third-order valence-electron chi connectivity index (χ3n) is 19.9. The standard InChI is InChI=1S/C83H119N9O20/c1-18-53-27-20-21-29-55(53)48-92(60-32-23-22-28-54(60)19-2)66(96)34-25-24-33-65(95)89-59(47-87-63(93)37-39-82(11,12)110-42-40-81(9,10)108-17)73(100)85-41-38-64(94)86-46-56-44-52(35-36-62(56)111-78-69(99)67(97)68(98)70(112-78)77(105)106)49-109-79(107)88-58-31-26-30-57(45-58)83(13,14)71(84-15)74(101)90-72(80(6,7)8)75(102)91(16)61(50(3)4)43-51(5)76(103)104/h18,20-23,26-32,35-36,43-45,50,59,61,67-72,78,84,97-99H,1,19,24-25,33-34,37-42,46-49H2,2-17H3,(H,85,100)(H,86,94)(H,87,93)(H,88,107)(H,89,95)(H,90,101)(H,103,104)(H,105,106)/b51-43+/t59-,61+,67-,68-,69+,70-,71+,72+,78+/m0/s1. The summed E-state index contributed by atoms with van der Waals surface area (Å²) in [7, 11) is 4.79. The predicted molar refractivity (Wildman–Crippen MR) is 423 cm³/mol. The van der Waals surface area contributed by atoms with Crippen LogP contribution in [-0.2, 0) is 93.6 Å². The molecule has 0 spiro atoms. The smallest absolute Gasteiger partial charge is 0.411 e. The molecule has 1 heterocycles. The van der Waals surface area contributed by atoms with E-state index in [1.807, 2.05) is 132 Å². The van der Waals surface area contributed by atoms with Gasteiger partial charge >= 0.3 is 18.0 Å². The lowest BCUT2D eigenvalue weighted by Crippen LogP contribution is -2.61. The van der Waals surface area contributed by atoms with E-state index in [4.69, 9.17) is 23.7 Å². The second-order valence-corrected chi connectivity index (χ2v) is 31.3. The molecule has 1 aliphatic heterocycles. The Balaban J connectivity index is 1.29. The third kappa shape index (κ3) is 27.9. The van der Waals surface area contributed by atoms with Gasteiger partial charge in [0.1, 0.15) is 42.8 Å². The first-order valence-corrected chi connectivity index (χ1v) is 37.9. The molecule has 4 aromatic rings. The molecule has 0 bridgehead atoms. The van der Waals surface area contributed by atoms with Gasteiger partial charge in [0.15, 0.2) is 6.10 Å². The van der Waals surface area contributed by atoms with Gasteiger partial charge in [0.05, 0.1) is 36.4 Å². The number of rotatable bonds is 43. The van der Waals surface area contributed by atoms with Crippen LogP contribution in [0.2, 0.25) is 0 Å². The van der Waals surface area contributed by atoms with Crippen molar-refractivity contribution in [3.8, 4) is 5.75 Å². The summed E-state index contributed by atoms with van der Waals surface area (Å²) in [5.74, 6) is -6.48. The minimum absolute atomic E-state index is 0.0140. The van der Waals surface area contributed by atoms with Crippen molar-refractivity contribution >= 4 is 76.8 Å². The van der Waals surface area contributed by atoms with Crippen LogP contribution in [0.15, 0.2) is 109 Å². The molecule has 1 fully saturated rings. The molecule has 8 amide bonds. The Bertz CT molecular complexity index is 3930. The molecular weight excluding hydrogens is 1440 g/mol. The number of nitrogens with one attached hydrogen (secondary N) is 7. The Hall–Kier alpha value is -9.62. The zero-order valence-corrected chi connectivity index (χ0v) is 67.7. The van der Waals surface area contributed by atoms with Crippen molar-refractivity contribution in [2.45, 2.75) is 239 Å². The number of amides is 8. The molecule has 9 atom stereocenters. The maximum Gasteiger partial charge on any atom is 0.411 e. The van der Waals surface area contributed by atoms with E-state index in [9.17, 15) is 73.5 Å². The highest BCUT2D eigenvalue weighted by molar-refractivity contribution is 5.95. The van der Waals surface area contributed by atoms with Crippen LogP contribution in [-0.4, -0.2) is 197 Å². The number of ether oxygens (including phenoxy) is 5. The van der Waals surface area contributed by atoms with Gasteiger partial charge in [0.2, 0.25) is 47.6 Å². The fourth-order valence-electron chi connectivity index (χ4n) is 12.6. The van der Waals surface area contributed by atoms with Gasteiger partial charge in [-0.3, -0.25) is 38.9 Å². The number of likely N-dealkylation sites (N-methyl/N-ethyl adjacent to an activating group) is 2. The van der Waals surface area contributed by atoms with Crippen LogP contribution in [0, 0.1) is 11.3 Å². The molecule has 616 valence electrons. The summed E-state index contributed by atoms with van der Waals surface area (Å²) in [5, 5.41) is 71.0. The number of nitrogens with zero attached hydrogens (tertiary/aromatic N) is 2. The summed E-state index contributed by atoms with van der Waals surface area (Å²) < 4.78 is 28.6. The van der Waals surface area contributed by atoms with E-state index in [1.165, 1.54) is 36.1 Å². The molecule has 4 aromatic carbocycles. The first-order chi connectivity index (χ1) is 52.6. The highest BCUT2D eigenvalue weighted by Gasteiger charge is 2.49. The third-order valence-corrected chi connectivity index (χ3v) is 19.9. The lowest BCUT2D eigenvalue weighted by molar-refractivity contribution is -0.271. The Labute approximate surface area is 657 Å². The van der Waals surface area contributed by atoms with Crippen molar-refractivity contribution in [3.63, 3.8) is 0 Å². The van der Waals surface area contributed by atoms with Crippen LogP contribution in [0.1, 0.15) is 175 Å². The van der Waals surface area contributed by atoms with Crippen molar-refractivity contribution in [1.29, 1.82) is 0 Å². The monoisotopic (exact) mass is 1560 g/mol. The van der Waals surface area contributed by atoms with Gasteiger partial charge in [-0.25, -0.2) is 14.4 Å². The second kappa shape index (κ2) is 42.9. The van der Waals surface area contributed by atoms with Gasteiger partial charge < -0.3 is 90.9 Å². The van der Waals surface area contributed by atoms with Crippen molar-refractivity contribution in [1.82, 2.24) is 36.8 Å². The van der Waals surface area contributed by atoms with E-state index in [1.54, 1.807) is 56.4 Å². The van der Waals surface area contributed by atoms with Crippen LogP contribution in [0.3, 0.4) is 0 Å². The van der Waals surface area contributed by atoms with Crippen LogP contribution in [0.25, 0.3) is 6.08 Å². The number of unbranched alkanes of at least 4 members (excludes halogenated alkanes) is 1.